The molecule has 2 N–H and O–H groups in total. The quantitative estimate of drug-likeness (QED) is 0.659. The van der Waals surface area contributed by atoms with E-state index in [2.05, 4.69) is 0 Å². The van der Waals surface area contributed by atoms with Crippen molar-refractivity contribution in [3.63, 3.8) is 0 Å². The van der Waals surface area contributed by atoms with Gasteiger partial charge in [0.15, 0.2) is 0 Å². The molecular weight excluding hydrogens is 168 g/mol. The van der Waals surface area contributed by atoms with Gasteiger partial charge in [0.1, 0.15) is 0 Å². The van der Waals surface area contributed by atoms with Crippen LogP contribution in [0.1, 0.15) is 12.5 Å². The molecule has 70 valence electrons. The van der Waals surface area contributed by atoms with Crippen molar-refractivity contribution in [1.29, 1.82) is 5.41 Å². The molecule has 1 aromatic rings. The largest absolute Gasteiger partial charge is 0.394 e. The fraction of sp³-hybridized carbons (Fsp3) is 0.333. The van der Waals surface area contributed by atoms with Crippen molar-refractivity contribution in [2.24, 2.45) is 0 Å². The fourth-order valence-electron chi connectivity index (χ4n) is 1.15. The van der Waals surface area contributed by atoms with Gasteiger partial charge in [0.25, 0.3) is 5.56 Å². The van der Waals surface area contributed by atoms with Crippen molar-refractivity contribution < 1.29 is 5.11 Å². The van der Waals surface area contributed by atoms with Crippen LogP contribution in [0.2, 0.25) is 0 Å². The smallest absolute Gasteiger partial charge is 0.250 e. The summed E-state index contributed by atoms with van der Waals surface area (Å²) in [7, 11) is 0. The monoisotopic (exact) mass is 180 g/mol. The molecule has 0 fully saturated rings. The summed E-state index contributed by atoms with van der Waals surface area (Å²) in [5.74, 6) is 0. The number of pyridine rings is 1. The predicted octanol–water partition coefficient (Wildman–Crippen LogP) is 0.421. The standard InChI is InChI=1S/C9H12N2O2/c10-5-4-8(7-12)11-6-2-1-3-9(11)13/h1-3,5-6,8,10,12H,4,7H2. The zero-order valence-corrected chi connectivity index (χ0v) is 7.18. The maximum atomic E-state index is 11.3. The van der Waals surface area contributed by atoms with Gasteiger partial charge in [-0.15, -0.1) is 0 Å². The number of hydrogen-bond donors (Lipinski definition) is 2. The van der Waals surface area contributed by atoms with E-state index in [1.807, 2.05) is 0 Å². The zero-order valence-electron chi connectivity index (χ0n) is 7.18. The predicted molar refractivity (Wildman–Crippen MR) is 50.2 cm³/mol. The van der Waals surface area contributed by atoms with E-state index in [9.17, 15) is 4.79 Å². The molecule has 1 unspecified atom stereocenters. The minimum absolute atomic E-state index is 0.126. The van der Waals surface area contributed by atoms with E-state index in [4.69, 9.17) is 10.5 Å². The SMILES string of the molecule is N=CCC(CO)n1ccccc1=O. The van der Waals surface area contributed by atoms with Crippen LogP contribution in [-0.4, -0.2) is 22.5 Å². The Bertz CT molecular complexity index is 332. The van der Waals surface area contributed by atoms with Crippen molar-refractivity contribution in [2.45, 2.75) is 12.5 Å². The molecule has 0 aliphatic rings. The van der Waals surface area contributed by atoms with Gasteiger partial charge in [-0.25, -0.2) is 0 Å². The third-order valence-corrected chi connectivity index (χ3v) is 1.85. The molecule has 1 aromatic heterocycles. The molecule has 1 heterocycles. The molecule has 0 spiro atoms. The third-order valence-electron chi connectivity index (χ3n) is 1.85. The van der Waals surface area contributed by atoms with Gasteiger partial charge in [-0.1, -0.05) is 6.07 Å². The summed E-state index contributed by atoms with van der Waals surface area (Å²) in [4.78, 5) is 11.3. The first-order valence-electron chi connectivity index (χ1n) is 4.06. The molecule has 0 aliphatic carbocycles. The Hall–Kier alpha value is -1.42. The van der Waals surface area contributed by atoms with Gasteiger partial charge in [0.05, 0.1) is 12.6 Å². The van der Waals surface area contributed by atoms with E-state index < -0.39 is 0 Å². The van der Waals surface area contributed by atoms with Crippen LogP contribution >= 0.6 is 0 Å². The van der Waals surface area contributed by atoms with Crippen LogP contribution in [0, 0.1) is 5.41 Å². The number of rotatable bonds is 4. The highest BCUT2D eigenvalue weighted by molar-refractivity contribution is 5.53. The summed E-state index contributed by atoms with van der Waals surface area (Å²) >= 11 is 0. The summed E-state index contributed by atoms with van der Waals surface area (Å²) < 4.78 is 1.44. The first-order valence-corrected chi connectivity index (χ1v) is 4.06. The van der Waals surface area contributed by atoms with Gasteiger partial charge in [0, 0.05) is 18.7 Å². The second-order valence-corrected chi connectivity index (χ2v) is 2.72. The Morgan fingerprint density at radius 2 is 2.38 bits per heavy atom. The summed E-state index contributed by atoms with van der Waals surface area (Å²) in [5.41, 5.74) is -0.150. The lowest BCUT2D eigenvalue weighted by molar-refractivity contribution is 0.229. The molecular formula is C9H12N2O2. The minimum Gasteiger partial charge on any atom is -0.394 e. The minimum atomic E-state index is -0.314. The zero-order chi connectivity index (χ0) is 9.68. The molecule has 0 bridgehead atoms. The Kier molecular flexibility index (Phi) is 3.40. The van der Waals surface area contributed by atoms with Crippen LogP contribution in [0.25, 0.3) is 0 Å². The fourth-order valence-corrected chi connectivity index (χ4v) is 1.15. The number of aliphatic hydroxyl groups is 1. The van der Waals surface area contributed by atoms with E-state index in [0.717, 1.165) is 0 Å². The summed E-state index contributed by atoms with van der Waals surface area (Å²) in [6.07, 6.45) is 3.19. The van der Waals surface area contributed by atoms with Gasteiger partial charge in [-0.3, -0.25) is 4.79 Å². The average Bonchev–Trinajstić information content (AvgIpc) is 2.16. The molecule has 13 heavy (non-hydrogen) atoms. The summed E-state index contributed by atoms with van der Waals surface area (Å²) in [6.45, 7) is -0.126. The second-order valence-electron chi connectivity index (χ2n) is 2.72. The highest BCUT2D eigenvalue weighted by Crippen LogP contribution is 2.04. The van der Waals surface area contributed by atoms with Gasteiger partial charge in [-0.2, -0.15) is 0 Å². The number of hydrogen-bond acceptors (Lipinski definition) is 3. The second kappa shape index (κ2) is 4.57. The summed E-state index contributed by atoms with van der Waals surface area (Å²) in [5, 5.41) is 15.9. The van der Waals surface area contributed by atoms with Crippen LogP contribution < -0.4 is 5.56 Å². The molecule has 1 atom stereocenters. The molecule has 0 saturated carbocycles. The van der Waals surface area contributed by atoms with Crippen molar-refractivity contribution in [3.05, 3.63) is 34.7 Å². The van der Waals surface area contributed by atoms with E-state index in [-0.39, 0.29) is 18.2 Å². The average molecular weight is 180 g/mol. The van der Waals surface area contributed by atoms with Crippen molar-refractivity contribution >= 4 is 6.21 Å². The van der Waals surface area contributed by atoms with Crippen LogP contribution in [0.4, 0.5) is 0 Å². The molecule has 0 radical (unpaired) electrons. The normalized spacial score (nSPS) is 12.4. The van der Waals surface area contributed by atoms with Crippen LogP contribution in [0.3, 0.4) is 0 Å². The molecule has 0 saturated heterocycles. The first-order chi connectivity index (χ1) is 6.29. The van der Waals surface area contributed by atoms with E-state index >= 15 is 0 Å². The lowest BCUT2D eigenvalue weighted by atomic mass is 10.2. The van der Waals surface area contributed by atoms with E-state index in [0.29, 0.717) is 6.42 Å². The maximum absolute atomic E-state index is 11.3. The number of nitrogens with one attached hydrogen (secondary N) is 1. The number of nitrogens with zero attached hydrogens (tertiary/aromatic N) is 1. The molecule has 1 rings (SSSR count). The Balaban J connectivity index is 2.97. The Morgan fingerprint density at radius 1 is 1.62 bits per heavy atom. The maximum Gasteiger partial charge on any atom is 0.250 e. The van der Waals surface area contributed by atoms with Crippen molar-refractivity contribution in [3.8, 4) is 0 Å². The van der Waals surface area contributed by atoms with Crippen molar-refractivity contribution in [1.82, 2.24) is 4.57 Å². The number of aromatic nitrogens is 1. The van der Waals surface area contributed by atoms with Gasteiger partial charge in [-0.05, 0) is 12.3 Å². The summed E-state index contributed by atoms with van der Waals surface area (Å²) in [6, 6.07) is 4.50. The molecule has 0 aromatic carbocycles. The lowest BCUT2D eigenvalue weighted by Crippen LogP contribution is -2.25. The van der Waals surface area contributed by atoms with Gasteiger partial charge < -0.3 is 15.1 Å². The highest BCUT2D eigenvalue weighted by Gasteiger charge is 2.07. The first kappa shape index (κ1) is 9.67. The Labute approximate surface area is 76.0 Å². The lowest BCUT2D eigenvalue weighted by Gasteiger charge is -2.14. The molecule has 0 amide bonds. The molecule has 0 aliphatic heterocycles. The van der Waals surface area contributed by atoms with E-state index in [1.54, 1.807) is 18.3 Å². The van der Waals surface area contributed by atoms with Crippen molar-refractivity contribution in [2.75, 3.05) is 6.61 Å². The topological polar surface area (TPSA) is 66.1 Å². The van der Waals surface area contributed by atoms with Gasteiger partial charge in [0.2, 0.25) is 0 Å². The van der Waals surface area contributed by atoms with Crippen LogP contribution in [0.5, 0.6) is 0 Å². The van der Waals surface area contributed by atoms with Crippen LogP contribution in [-0.2, 0) is 0 Å². The highest BCUT2D eigenvalue weighted by atomic mass is 16.3. The Morgan fingerprint density at radius 3 is 2.92 bits per heavy atom. The number of aliphatic hydroxyl groups excluding tert-OH is 1. The third kappa shape index (κ3) is 2.26. The van der Waals surface area contributed by atoms with E-state index in [1.165, 1.54) is 16.8 Å². The molecule has 4 nitrogen and oxygen atoms in total. The van der Waals surface area contributed by atoms with Gasteiger partial charge >= 0.3 is 0 Å². The van der Waals surface area contributed by atoms with Crippen LogP contribution in [0.15, 0.2) is 29.2 Å². The molecule has 4 heteroatoms.